The van der Waals surface area contributed by atoms with Crippen LogP contribution in [0.25, 0.3) is 5.69 Å². The summed E-state index contributed by atoms with van der Waals surface area (Å²) in [7, 11) is 0. The molecule has 2 unspecified atom stereocenters. The van der Waals surface area contributed by atoms with E-state index in [1.54, 1.807) is 18.3 Å². The van der Waals surface area contributed by atoms with Gasteiger partial charge in [-0.05, 0) is 54.2 Å². The van der Waals surface area contributed by atoms with Crippen molar-refractivity contribution in [1.29, 1.82) is 0 Å². The molecular weight excluding hydrogens is 407 g/mol. The van der Waals surface area contributed by atoms with Crippen molar-refractivity contribution in [2.45, 2.75) is 18.6 Å². The highest BCUT2D eigenvalue weighted by molar-refractivity contribution is 7.80. The minimum absolute atomic E-state index is 0.155. The van der Waals surface area contributed by atoms with Crippen molar-refractivity contribution in [3.8, 4) is 5.69 Å². The first-order valence-electron chi connectivity index (χ1n) is 10.2. The van der Waals surface area contributed by atoms with Crippen LogP contribution in [0.5, 0.6) is 0 Å². The SMILES string of the molecule is Fc1ccccc1-n1cccc1C1C(c2ccccn2)NC(=S)N1Cc1ccccc1. The maximum absolute atomic E-state index is 14.7. The van der Waals surface area contributed by atoms with E-state index in [9.17, 15) is 4.39 Å². The first-order chi connectivity index (χ1) is 15.2. The first kappa shape index (κ1) is 19.5. The molecule has 1 fully saturated rings. The number of rotatable bonds is 5. The average Bonchev–Trinajstić information content (AvgIpc) is 3.40. The van der Waals surface area contributed by atoms with E-state index in [-0.39, 0.29) is 17.9 Å². The molecule has 154 valence electrons. The van der Waals surface area contributed by atoms with Gasteiger partial charge in [-0.15, -0.1) is 0 Å². The van der Waals surface area contributed by atoms with Crippen LogP contribution in [0.2, 0.25) is 0 Å². The highest BCUT2D eigenvalue weighted by Crippen LogP contribution is 2.40. The summed E-state index contributed by atoms with van der Waals surface area (Å²) in [5.41, 5.74) is 3.51. The Bertz CT molecular complexity index is 1190. The van der Waals surface area contributed by atoms with Gasteiger partial charge in [-0.25, -0.2) is 4.39 Å². The van der Waals surface area contributed by atoms with Gasteiger partial charge in [-0.1, -0.05) is 48.5 Å². The molecule has 0 radical (unpaired) electrons. The number of thiocarbonyl (C=S) groups is 1. The highest BCUT2D eigenvalue weighted by Gasteiger charge is 2.41. The molecule has 0 spiro atoms. The molecule has 3 heterocycles. The lowest BCUT2D eigenvalue weighted by Gasteiger charge is -2.29. The maximum Gasteiger partial charge on any atom is 0.170 e. The van der Waals surface area contributed by atoms with Crippen molar-refractivity contribution in [3.05, 3.63) is 120 Å². The zero-order chi connectivity index (χ0) is 21.2. The van der Waals surface area contributed by atoms with E-state index in [2.05, 4.69) is 27.3 Å². The van der Waals surface area contributed by atoms with Gasteiger partial charge in [0.05, 0.1) is 23.5 Å². The van der Waals surface area contributed by atoms with Crippen LogP contribution in [0.3, 0.4) is 0 Å². The van der Waals surface area contributed by atoms with Crippen LogP contribution in [0.15, 0.2) is 97.3 Å². The van der Waals surface area contributed by atoms with Crippen molar-refractivity contribution in [2.75, 3.05) is 0 Å². The fraction of sp³-hybridized carbons (Fsp3) is 0.120. The smallest absolute Gasteiger partial charge is 0.170 e. The molecule has 1 saturated heterocycles. The van der Waals surface area contributed by atoms with Gasteiger partial charge in [0.15, 0.2) is 5.11 Å². The number of pyridine rings is 1. The van der Waals surface area contributed by atoms with Gasteiger partial charge in [0, 0.05) is 24.6 Å². The number of nitrogens with one attached hydrogen (secondary N) is 1. The number of para-hydroxylation sites is 1. The number of hydrogen-bond donors (Lipinski definition) is 1. The summed E-state index contributed by atoms with van der Waals surface area (Å²) in [6.07, 6.45) is 3.68. The third kappa shape index (κ3) is 3.70. The Labute approximate surface area is 186 Å². The fourth-order valence-electron chi connectivity index (χ4n) is 4.18. The van der Waals surface area contributed by atoms with Crippen LogP contribution in [-0.2, 0) is 6.54 Å². The summed E-state index contributed by atoms with van der Waals surface area (Å²) in [5.74, 6) is -0.266. The van der Waals surface area contributed by atoms with Crippen molar-refractivity contribution < 1.29 is 4.39 Å². The minimum Gasteiger partial charge on any atom is -0.352 e. The van der Waals surface area contributed by atoms with Crippen molar-refractivity contribution in [2.24, 2.45) is 0 Å². The molecule has 2 aromatic carbocycles. The van der Waals surface area contributed by atoms with Crippen LogP contribution in [0.4, 0.5) is 4.39 Å². The van der Waals surface area contributed by atoms with Crippen LogP contribution in [0.1, 0.15) is 29.0 Å². The fourth-order valence-corrected chi connectivity index (χ4v) is 4.48. The molecule has 4 nitrogen and oxygen atoms in total. The monoisotopic (exact) mass is 428 g/mol. The van der Waals surface area contributed by atoms with Crippen LogP contribution < -0.4 is 5.32 Å². The van der Waals surface area contributed by atoms with E-state index >= 15 is 0 Å². The molecule has 31 heavy (non-hydrogen) atoms. The van der Waals surface area contributed by atoms with E-state index in [1.165, 1.54) is 6.07 Å². The molecule has 5 rings (SSSR count). The first-order valence-corrected chi connectivity index (χ1v) is 10.6. The molecule has 0 bridgehead atoms. The van der Waals surface area contributed by atoms with Crippen molar-refractivity contribution in [3.63, 3.8) is 0 Å². The number of nitrogens with zero attached hydrogens (tertiary/aromatic N) is 3. The van der Waals surface area contributed by atoms with Crippen molar-refractivity contribution in [1.82, 2.24) is 19.8 Å². The van der Waals surface area contributed by atoms with Gasteiger partial charge in [-0.3, -0.25) is 4.98 Å². The van der Waals surface area contributed by atoms with Crippen LogP contribution in [-0.4, -0.2) is 19.6 Å². The summed E-state index contributed by atoms with van der Waals surface area (Å²) in [5, 5.41) is 4.12. The zero-order valence-corrected chi connectivity index (χ0v) is 17.5. The Morgan fingerprint density at radius 1 is 0.903 bits per heavy atom. The summed E-state index contributed by atoms with van der Waals surface area (Å²) in [4.78, 5) is 6.75. The highest BCUT2D eigenvalue weighted by atomic mass is 32.1. The zero-order valence-electron chi connectivity index (χ0n) is 16.7. The summed E-state index contributed by atoms with van der Waals surface area (Å²) in [6.45, 7) is 0.642. The molecule has 2 atom stereocenters. The molecule has 0 amide bonds. The molecule has 6 heteroatoms. The van der Waals surface area contributed by atoms with Gasteiger partial charge in [0.25, 0.3) is 0 Å². The minimum atomic E-state index is -0.266. The van der Waals surface area contributed by atoms with Gasteiger partial charge in [-0.2, -0.15) is 0 Å². The van der Waals surface area contributed by atoms with Gasteiger partial charge < -0.3 is 14.8 Å². The summed E-state index contributed by atoms with van der Waals surface area (Å²) < 4.78 is 16.6. The molecule has 2 aromatic heterocycles. The summed E-state index contributed by atoms with van der Waals surface area (Å²) in [6, 6.07) is 26.6. The van der Waals surface area contributed by atoms with E-state index in [0.29, 0.717) is 17.3 Å². The Morgan fingerprint density at radius 2 is 1.68 bits per heavy atom. The largest absolute Gasteiger partial charge is 0.352 e. The Hall–Kier alpha value is -3.51. The molecule has 0 saturated carbocycles. The second kappa shape index (κ2) is 8.32. The average molecular weight is 429 g/mol. The lowest BCUT2D eigenvalue weighted by Crippen LogP contribution is -2.30. The Morgan fingerprint density at radius 3 is 2.45 bits per heavy atom. The Kier molecular flexibility index (Phi) is 5.22. The van der Waals surface area contributed by atoms with Gasteiger partial charge >= 0.3 is 0 Å². The van der Waals surface area contributed by atoms with E-state index < -0.39 is 0 Å². The van der Waals surface area contributed by atoms with Gasteiger partial charge in [0.1, 0.15) is 5.82 Å². The molecule has 1 aliphatic rings. The molecule has 1 aliphatic heterocycles. The Balaban J connectivity index is 1.62. The van der Waals surface area contributed by atoms with Gasteiger partial charge in [0.2, 0.25) is 0 Å². The van der Waals surface area contributed by atoms with Crippen LogP contribution in [0, 0.1) is 5.82 Å². The second-order valence-corrected chi connectivity index (χ2v) is 7.88. The topological polar surface area (TPSA) is 33.1 Å². The van der Waals surface area contributed by atoms with E-state index in [0.717, 1.165) is 17.0 Å². The molecular formula is C25H21FN4S. The predicted octanol–water partition coefficient (Wildman–Crippen LogP) is 5.18. The predicted molar refractivity (Wildman–Crippen MR) is 123 cm³/mol. The molecule has 1 N–H and O–H groups in total. The lowest BCUT2D eigenvalue weighted by molar-refractivity contribution is 0.302. The number of aromatic nitrogens is 2. The number of halogens is 1. The summed E-state index contributed by atoms with van der Waals surface area (Å²) >= 11 is 5.76. The number of hydrogen-bond acceptors (Lipinski definition) is 2. The van der Waals surface area contributed by atoms with Crippen LogP contribution >= 0.6 is 12.2 Å². The van der Waals surface area contributed by atoms with Crippen molar-refractivity contribution >= 4 is 17.3 Å². The third-order valence-corrected chi connectivity index (χ3v) is 5.94. The normalized spacial score (nSPS) is 18.2. The number of benzene rings is 2. The third-order valence-electron chi connectivity index (χ3n) is 5.59. The maximum atomic E-state index is 14.7. The van der Waals surface area contributed by atoms with E-state index in [4.69, 9.17) is 12.2 Å². The second-order valence-electron chi connectivity index (χ2n) is 7.49. The molecule has 4 aromatic rings. The lowest BCUT2D eigenvalue weighted by atomic mass is 10.0. The molecule has 0 aliphatic carbocycles. The van der Waals surface area contributed by atoms with E-state index in [1.807, 2.05) is 65.4 Å². The quantitative estimate of drug-likeness (QED) is 0.444. The standard InChI is InChI=1S/C25H21FN4S/c26-19-11-4-5-13-21(19)29-16-8-14-22(29)24-23(20-12-6-7-15-27-20)28-25(31)30(24)17-18-9-2-1-3-10-18/h1-16,23-24H,17H2,(H,28,31).